The molecule has 0 radical (unpaired) electrons. The van der Waals surface area contributed by atoms with Gasteiger partial charge in [-0.25, -0.2) is 0 Å². The monoisotopic (exact) mass is 466 g/mol. The number of pyridine rings is 1. The van der Waals surface area contributed by atoms with Crippen molar-refractivity contribution in [3.05, 3.63) is 65.4 Å². The summed E-state index contributed by atoms with van der Waals surface area (Å²) in [6.07, 6.45) is 2.34. The lowest BCUT2D eigenvalue weighted by Gasteiger charge is -2.44. The minimum atomic E-state index is 0.285. The van der Waals surface area contributed by atoms with E-state index in [2.05, 4.69) is 68.3 Å². The highest BCUT2D eigenvalue weighted by Crippen LogP contribution is 2.42. The third kappa shape index (κ3) is 3.48. The van der Waals surface area contributed by atoms with Gasteiger partial charge in [0.25, 0.3) is 0 Å². The Bertz CT molecular complexity index is 1320. The average molecular weight is 467 g/mol. The van der Waals surface area contributed by atoms with Crippen molar-refractivity contribution in [2.24, 2.45) is 0 Å². The molecule has 2 unspecified atom stereocenters. The Kier molecular flexibility index (Phi) is 4.95. The lowest BCUT2D eigenvalue weighted by molar-refractivity contribution is -0.0483. The molecule has 7 heteroatoms. The van der Waals surface area contributed by atoms with Crippen LogP contribution in [0.2, 0.25) is 0 Å². The molecule has 2 bridgehead atoms. The summed E-state index contributed by atoms with van der Waals surface area (Å²) in [7, 11) is 0. The fraction of sp³-hybridized carbons (Fsp3) is 0.429. The molecule has 3 saturated heterocycles. The average Bonchev–Trinajstić information content (AvgIpc) is 3.26. The molecule has 4 atom stereocenters. The van der Waals surface area contributed by atoms with E-state index in [0.29, 0.717) is 17.6 Å². The third-order valence-corrected chi connectivity index (χ3v) is 8.23. The van der Waals surface area contributed by atoms with Crippen molar-refractivity contribution in [2.75, 3.05) is 49.1 Å². The molecule has 1 N–H and O–H groups in total. The molecule has 3 aromatic rings. The van der Waals surface area contributed by atoms with Crippen molar-refractivity contribution in [3.8, 4) is 6.07 Å². The number of fused-ring (bicyclic) bond motifs is 6. The lowest BCUT2D eigenvalue weighted by atomic mass is 9.99. The summed E-state index contributed by atoms with van der Waals surface area (Å²) < 4.78 is 6.12. The summed E-state index contributed by atoms with van der Waals surface area (Å²) >= 11 is 0. The van der Waals surface area contributed by atoms with Crippen LogP contribution in [0.3, 0.4) is 0 Å². The number of benzene rings is 2. The van der Waals surface area contributed by atoms with E-state index in [1.54, 1.807) is 6.20 Å². The number of piperazine rings is 1. The number of hydrogen-bond acceptors (Lipinski definition) is 7. The lowest BCUT2D eigenvalue weighted by Crippen LogP contribution is -2.58. The van der Waals surface area contributed by atoms with Crippen LogP contribution in [0, 0.1) is 11.3 Å². The van der Waals surface area contributed by atoms with E-state index >= 15 is 0 Å². The zero-order valence-corrected chi connectivity index (χ0v) is 20.0. The number of nitriles is 1. The number of morpholine rings is 2. The molecule has 0 saturated carbocycles. The number of aromatic nitrogens is 1. The van der Waals surface area contributed by atoms with Crippen LogP contribution >= 0.6 is 0 Å². The van der Waals surface area contributed by atoms with Crippen molar-refractivity contribution in [1.29, 1.82) is 5.26 Å². The summed E-state index contributed by atoms with van der Waals surface area (Å²) in [5.41, 5.74) is 6.86. The molecule has 7 nitrogen and oxygen atoms in total. The van der Waals surface area contributed by atoms with Crippen LogP contribution in [-0.2, 0) is 11.3 Å². The number of nitrogens with zero attached hydrogens (tertiary/aromatic N) is 5. The maximum absolute atomic E-state index is 9.55. The number of rotatable bonds is 2. The largest absolute Gasteiger partial charge is 0.369 e. The number of hydrogen-bond donors (Lipinski definition) is 1. The number of ether oxygens (including phenoxy) is 1. The molecule has 7 rings (SSSR count). The maximum atomic E-state index is 9.55. The van der Waals surface area contributed by atoms with E-state index in [0.717, 1.165) is 56.7 Å². The van der Waals surface area contributed by atoms with Crippen molar-refractivity contribution < 1.29 is 4.74 Å². The molecule has 0 spiro atoms. The first-order chi connectivity index (χ1) is 17.2. The standard InChI is InChI=1S/C28H30N6O/c1-18-13-33(26-7-4-19(10-29)28-25(26)3-2-8-31-28)17-27-24-6-5-21(9-20(24)14-34(18)27)32-15-22-11-30-12-23(16-32)35-22/h2-9,18,22-23,27,30H,11-17H2,1H3/t18-,22?,23?,27-/m1/s1. The molecular weight excluding hydrogens is 436 g/mol. The van der Waals surface area contributed by atoms with Crippen molar-refractivity contribution in [3.63, 3.8) is 0 Å². The Balaban J connectivity index is 1.19. The summed E-state index contributed by atoms with van der Waals surface area (Å²) in [6.45, 7) is 9.07. The minimum Gasteiger partial charge on any atom is -0.369 e. The van der Waals surface area contributed by atoms with Gasteiger partial charge in [-0.3, -0.25) is 9.88 Å². The Morgan fingerprint density at radius 3 is 2.71 bits per heavy atom. The van der Waals surface area contributed by atoms with Crippen LogP contribution < -0.4 is 15.1 Å². The molecule has 178 valence electrons. The Labute approximate surface area is 205 Å². The predicted molar refractivity (Wildman–Crippen MR) is 137 cm³/mol. The highest BCUT2D eigenvalue weighted by atomic mass is 16.5. The van der Waals surface area contributed by atoms with E-state index in [9.17, 15) is 5.26 Å². The first kappa shape index (κ1) is 21.1. The van der Waals surface area contributed by atoms with Crippen LogP contribution in [0.1, 0.15) is 29.7 Å². The van der Waals surface area contributed by atoms with E-state index in [1.165, 1.54) is 22.5 Å². The van der Waals surface area contributed by atoms with E-state index < -0.39 is 0 Å². The fourth-order valence-electron chi connectivity index (χ4n) is 6.60. The summed E-state index contributed by atoms with van der Waals surface area (Å²) in [5.74, 6) is 0. The molecule has 4 aliphatic heterocycles. The molecule has 4 aliphatic rings. The Morgan fingerprint density at radius 2 is 1.89 bits per heavy atom. The highest BCUT2D eigenvalue weighted by molar-refractivity contribution is 5.95. The van der Waals surface area contributed by atoms with Crippen molar-refractivity contribution in [2.45, 2.75) is 37.8 Å². The van der Waals surface area contributed by atoms with Gasteiger partial charge < -0.3 is 19.9 Å². The molecular formula is C28H30N6O. The van der Waals surface area contributed by atoms with Crippen molar-refractivity contribution in [1.82, 2.24) is 15.2 Å². The van der Waals surface area contributed by atoms with Crippen LogP contribution in [0.15, 0.2) is 48.7 Å². The quantitative estimate of drug-likeness (QED) is 0.623. The molecule has 0 amide bonds. The molecule has 2 aromatic carbocycles. The number of nitrogens with one attached hydrogen (secondary N) is 1. The second-order valence-corrected chi connectivity index (χ2v) is 10.4. The Morgan fingerprint density at radius 1 is 1.03 bits per heavy atom. The second kappa shape index (κ2) is 8.20. The molecule has 1 aromatic heterocycles. The molecule has 3 fully saturated rings. The van der Waals surface area contributed by atoms with E-state index in [1.807, 2.05) is 12.1 Å². The summed E-state index contributed by atoms with van der Waals surface area (Å²) in [4.78, 5) is 12.2. The minimum absolute atomic E-state index is 0.285. The summed E-state index contributed by atoms with van der Waals surface area (Å²) in [5, 5.41) is 14.1. The first-order valence-corrected chi connectivity index (χ1v) is 12.7. The van der Waals surface area contributed by atoms with Gasteiger partial charge in [-0.2, -0.15) is 5.26 Å². The molecule has 5 heterocycles. The van der Waals surface area contributed by atoms with Gasteiger partial charge in [-0.05, 0) is 54.4 Å². The van der Waals surface area contributed by atoms with Gasteiger partial charge in [0.2, 0.25) is 0 Å². The van der Waals surface area contributed by atoms with E-state index in [-0.39, 0.29) is 12.2 Å². The fourth-order valence-corrected chi connectivity index (χ4v) is 6.60. The zero-order chi connectivity index (χ0) is 23.5. The smallest absolute Gasteiger partial charge is 0.101 e. The van der Waals surface area contributed by atoms with Gasteiger partial charge in [0.15, 0.2) is 0 Å². The van der Waals surface area contributed by atoms with Crippen LogP contribution in [-0.4, -0.2) is 67.4 Å². The number of anilines is 2. The second-order valence-electron chi connectivity index (χ2n) is 10.4. The van der Waals surface area contributed by atoms with Gasteiger partial charge in [0.1, 0.15) is 6.07 Å². The predicted octanol–water partition coefficient (Wildman–Crippen LogP) is 3.05. The van der Waals surface area contributed by atoms with Gasteiger partial charge in [-0.15, -0.1) is 0 Å². The Hall–Kier alpha value is -3.18. The molecule has 35 heavy (non-hydrogen) atoms. The van der Waals surface area contributed by atoms with Crippen LogP contribution in [0.5, 0.6) is 0 Å². The zero-order valence-electron chi connectivity index (χ0n) is 20.0. The van der Waals surface area contributed by atoms with Gasteiger partial charge in [-0.1, -0.05) is 6.07 Å². The molecule has 0 aliphatic carbocycles. The first-order valence-electron chi connectivity index (χ1n) is 12.7. The normalized spacial score (nSPS) is 28.0. The van der Waals surface area contributed by atoms with Gasteiger partial charge in [0.05, 0.1) is 29.3 Å². The highest BCUT2D eigenvalue weighted by Gasteiger charge is 2.40. The van der Waals surface area contributed by atoms with Crippen LogP contribution in [0.4, 0.5) is 11.4 Å². The SMILES string of the molecule is C[C@@H]1CN(c2ccc(C#N)c3ncccc23)C[C@@H]2c3ccc(N4CC5CNCC(C4)O5)cc3CN12. The topological polar surface area (TPSA) is 67.7 Å². The van der Waals surface area contributed by atoms with Crippen LogP contribution in [0.25, 0.3) is 10.9 Å². The summed E-state index contributed by atoms with van der Waals surface area (Å²) in [6, 6.07) is 18.3. The van der Waals surface area contributed by atoms with Crippen molar-refractivity contribution >= 4 is 22.3 Å². The maximum Gasteiger partial charge on any atom is 0.101 e. The van der Waals surface area contributed by atoms with E-state index in [4.69, 9.17) is 4.74 Å². The van der Waals surface area contributed by atoms with Gasteiger partial charge >= 0.3 is 0 Å². The third-order valence-electron chi connectivity index (χ3n) is 8.23. The van der Waals surface area contributed by atoms with Gasteiger partial charge in [0, 0.05) is 74.8 Å².